The number of hydrogen-bond acceptors (Lipinski definition) is 3. The Bertz CT molecular complexity index is 112. The molecule has 1 atom stereocenters. The van der Waals surface area contributed by atoms with Gasteiger partial charge < -0.3 is 9.47 Å². The first-order valence-electron chi connectivity index (χ1n) is 3.65. The van der Waals surface area contributed by atoms with Crippen LogP contribution in [-0.4, -0.2) is 36.2 Å². The second-order valence-electron chi connectivity index (χ2n) is 2.21. The third kappa shape index (κ3) is 5.35. The van der Waals surface area contributed by atoms with Crippen LogP contribution >= 0.6 is 0 Å². The number of methoxy groups -OCH3 is 2. The number of hydrogen-bond donors (Lipinski definition) is 0. The van der Waals surface area contributed by atoms with Gasteiger partial charge in [0.05, 0.1) is 5.75 Å². The highest BCUT2D eigenvalue weighted by Crippen LogP contribution is 1.96. The highest BCUT2D eigenvalue weighted by atomic mass is 32.2. The maximum Gasteiger partial charge on any atom is 0.168 e. The van der Waals surface area contributed by atoms with Crippen molar-refractivity contribution in [3.8, 4) is 0 Å². The lowest BCUT2D eigenvalue weighted by Gasteiger charge is -2.11. The van der Waals surface area contributed by atoms with E-state index in [0.717, 1.165) is 12.2 Å². The van der Waals surface area contributed by atoms with Gasteiger partial charge in [0.1, 0.15) is 0 Å². The quantitative estimate of drug-likeness (QED) is 0.566. The summed E-state index contributed by atoms with van der Waals surface area (Å²) in [6.45, 7) is 2.01. The van der Waals surface area contributed by atoms with Crippen LogP contribution in [0.15, 0.2) is 0 Å². The summed E-state index contributed by atoms with van der Waals surface area (Å²) in [5.41, 5.74) is 0. The molecule has 68 valence electrons. The van der Waals surface area contributed by atoms with Crippen molar-refractivity contribution >= 4 is 10.8 Å². The lowest BCUT2D eigenvalue weighted by Crippen LogP contribution is -2.22. The second kappa shape index (κ2) is 6.76. The molecule has 0 saturated carbocycles. The van der Waals surface area contributed by atoms with Gasteiger partial charge in [-0.2, -0.15) is 0 Å². The Hall–Kier alpha value is 0.0700. The SMILES string of the molecule is CCCS(=O)CC(OC)OC. The van der Waals surface area contributed by atoms with Gasteiger partial charge in [0.2, 0.25) is 0 Å². The van der Waals surface area contributed by atoms with E-state index in [4.69, 9.17) is 9.47 Å². The van der Waals surface area contributed by atoms with Gasteiger partial charge in [-0.1, -0.05) is 6.92 Å². The van der Waals surface area contributed by atoms with Crippen molar-refractivity contribution in [1.29, 1.82) is 0 Å². The molecule has 3 nitrogen and oxygen atoms in total. The largest absolute Gasteiger partial charge is 0.355 e. The van der Waals surface area contributed by atoms with Gasteiger partial charge in [-0.05, 0) is 6.42 Å². The van der Waals surface area contributed by atoms with Crippen LogP contribution in [0.2, 0.25) is 0 Å². The summed E-state index contributed by atoms with van der Waals surface area (Å²) in [7, 11) is 2.31. The van der Waals surface area contributed by atoms with Crippen molar-refractivity contribution in [2.45, 2.75) is 19.6 Å². The van der Waals surface area contributed by atoms with E-state index in [1.54, 1.807) is 14.2 Å². The van der Waals surface area contributed by atoms with Gasteiger partial charge in [-0.3, -0.25) is 4.21 Å². The lowest BCUT2D eigenvalue weighted by atomic mass is 10.6. The summed E-state index contributed by atoms with van der Waals surface area (Å²) in [6.07, 6.45) is 0.620. The van der Waals surface area contributed by atoms with E-state index < -0.39 is 10.8 Å². The Labute approximate surface area is 70.5 Å². The predicted molar refractivity (Wildman–Crippen MR) is 46.0 cm³/mol. The fourth-order valence-electron chi connectivity index (χ4n) is 0.695. The van der Waals surface area contributed by atoms with Gasteiger partial charge in [-0.25, -0.2) is 0 Å². The monoisotopic (exact) mass is 180 g/mol. The van der Waals surface area contributed by atoms with Gasteiger partial charge in [0.15, 0.2) is 6.29 Å². The molecule has 0 rings (SSSR count). The molecule has 0 aromatic heterocycles. The van der Waals surface area contributed by atoms with Crippen molar-refractivity contribution in [2.24, 2.45) is 0 Å². The molecule has 1 unspecified atom stereocenters. The number of rotatable bonds is 6. The normalized spacial score (nSPS) is 13.8. The van der Waals surface area contributed by atoms with Crippen LogP contribution in [-0.2, 0) is 20.3 Å². The molecule has 0 N–H and O–H groups in total. The second-order valence-corrected chi connectivity index (χ2v) is 3.83. The van der Waals surface area contributed by atoms with Crippen LogP contribution < -0.4 is 0 Å². The summed E-state index contributed by atoms with van der Waals surface area (Å²) < 4.78 is 20.9. The minimum atomic E-state index is -0.800. The van der Waals surface area contributed by atoms with Crippen LogP contribution in [0.3, 0.4) is 0 Å². The van der Waals surface area contributed by atoms with E-state index in [-0.39, 0.29) is 6.29 Å². The van der Waals surface area contributed by atoms with E-state index in [1.165, 1.54) is 0 Å². The van der Waals surface area contributed by atoms with Crippen LogP contribution in [0.25, 0.3) is 0 Å². The zero-order chi connectivity index (χ0) is 8.69. The fraction of sp³-hybridized carbons (Fsp3) is 1.00. The van der Waals surface area contributed by atoms with Gasteiger partial charge in [-0.15, -0.1) is 0 Å². The average molecular weight is 180 g/mol. The third-order valence-corrected chi connectivity index (χ3v) is 2.79. The van der Waals surface area contributed by atoms with Gasteiger partial charge in [0, 0.05) is 30.8 Å². The molecule has 0 aromatic carbocycles. The molecule has 0 saturated heterocycles. The first-order chi connectivity index (χ1) is 5.24. The summed E-state index contributed by atoms with van der Waals surface area (Å²) >= 11 is 0. The first kappa shape index (κ1) is 11.1. The van der Waals surface area contributed by atoms with E-state index in [0.29, 0.717) is 5.75 Å². The summed E-state index contributed by atoms with van der Waals surface area (Å²) in [5, 5.41) is 0. The van der Waals surface area contributed by atoms with E-state index in [9.17, 15) is 4.21 Å². The summed E-state index contributed by atoms with van der Waals surface area (Å²) in [6, 6.07) is 0. The summed E-state index contributed by atoms with van der Waals surface area (Å²) in [5.74, 6) is 1.20. The first-order valence-corrected chi connectivity index (χ1v) is 5.14. The van der Waals surface area contributed by atoms with Gasteiger partial charge in [0.25, 0.3) is 0 Å². The lowest BCUT2D eigenvalue weighted by molar-refractivity contribution is -0.0847. The molecule has 0 aliphatic heterocycles. The third-order valence-electron chi connectivity index (χ3n) is 1.28. The highest BCUT2D eigenvalue weighted by Gasteiger charge is 2.08. The smallest absolute Gasteiger partial charge is 0.168 e. The molecule has 0 spiro atoms. The van der Waals surface area contributed by atoms with E-state index in [2.05, 4.69) is 0 Å². The molecule has 0 bridgehead atoms. The van der Waals surface area contributed by atoms with Crippen molar-refractivity contribution in [2.75, 3.05) is 25.7 Å². The summed E-state index contributed by atoms with van der Waals surface area (Å²) in [4.78, 5) is 0. The Morgan fingerprint density at radius 2 is 1.91 bits per heavy atom. The minimum absolute atomic E-state index is 0.317. The standard InChI is InChI=1S/C7H16O3S/c1-4-5-11(8)6-7(9-2)10-3/h7H,4-6H2,1-3H3. The zero-order valence-corrected chi connectivity index (χ0v) is 8.15. The number of ether oxygens (including phenoxy) is 2. The van der Waals surface area contributed by atoms with Crippen molar-refractivity contribution in [1.82, 2.24) is 0 Å². The topological polar surface area (TPSA) is 35.5 Å². The Balaban J connectivity index is 3.54. The predicted octanol–water partition coefficient (Wildman–Crippen LogP) is 0.764. The highest BCUT2D eigenvalue weighted by molar-refractivity contribution is 7.85. The molecule has 0 aromatic rings. The van der Waals surface area contributed by atoms with Crippen molar-refractivity contribution in [3.05, 3.63) is 0 Å². The fourth-order valence-corrected chi connectivity index (χ4v) is 1.89. The average Bonchev–Trinajstić information content (AvgIpc) is 2.01. The molecule has 4 heteroatoms. The molecule has 0 fully saturated rings. The van der Waals surface area contributed by atoms with Crippen LogP contribution in [0, 0.1) is 0 Å². The maximum absolute atomic E-state index is 11.1. The van der Waals surface area contributed by atoms with Crippen LogP contribution in [0.4, 0.5) is 0 Å². The molecule has 11 heavy (non-hydrogen) atoms. The minimum Gasteiger partial charge on any atom is -0.355 e. The maximum atomic E-state index is 11.1. The van der Waals surface area contributed by atoms with Crippen LogP contribution in [0.5, 0.6) is 0 Å². The molecule has 0 aliphatic carbocycles. The van der Waals surface area contributed by atoms with E-state index >= 15 is 0 Å². The molecular weight excluding hydrogens is 164 g/mol. The zero-order valence-electron chi connectivity index (χ0n) is 7.33. The molecule has 0 amide bonds. The Morgan fingerprint density at radius 1 is 1.36 bits per heavy atom. The van der Waals surface area contributed by atoms with Crippen molar-refractivity contribution in [3.63, 3.8) is 0 Å². The molecule has 0 heterocycles. The van der Waals surface area contributed by atoms with Crippen molar-refractivity contribution < 1.29 is 13.7 Å². The Kier molecular flexibility index (Phi) is 6.80. The molecule has 0 aliphatic rings. The van der Waals surface area contributed by atoms with E-state index in [1.807, 2.05) is 6.92 Å². The molecular formula is C7H16O3S. The van der Waals surface area contributed by atoms with Gasteiger partial charge >= 0.3 is 0 Å². The van der Waals surface area contributed by atoms with Crippen LogP contribution in [0.1, 0.15) is 13.3 Å². The molecule has 0 radical (unpaired) electrons. The Morgan fingerprint density at radius 3 is 2.27 bits per heavy atom.